The predicted molar refractivity (Wildman–Crippen MR) is 69.5 cm³/mol. The first-order valence-electron chi connectivity index (χ1n) is 5.89. The normalized spacial score (nSPS) is 26.5. The average Bonchev–Trinajstić information content (AvgIpc) is 2.30. The van der Waals surface area contributed by atoms with Crippen LogP contribution in [0.2, 0.25) is 0 Å². The average molecular weight is 337 g/mol. The van der Waals surface area contributed by atoms with E-state index in [4.69, 9.17) is 18.9 Å². The fraction of sp³-hybridized carbons (Fsp3) is 0.667. The van der Waals surface area contributed by atoms with Crippen LogP contribution in [0.15, 0.2) is 10.6 Å². The molecule has 0 spiro atoms. The second-order valence-corrected chi connectivity index (χ2v) is 4.81. The lowest BCUT2D eigenvalue weighted by molar-refractivity contribution is -0.196. The molecule has 3 atom stereocenters. The van der Waals surface area contributed by atoms with Crippen molar-refractivity contribution in [2.75, 3.05) is 13.2 Å². The zero-order valence-electron chi connectivity index (χ0n) is 11.1. The van der Waals surface area contributed by atoms with Crippen LogP contribution in [-0.4, -0.2) is 43.7 Å². The van der Waals surface area contributed by atoms with E-state index in [2.05, 4.69) is 15.9 Å². The largest absolute Gasteiger partial charge is 0.463 e. The summed E-state index contributed by atoms with van der Waals surface area (Å²) in [6.07, 6.45) is -0.120. The standard InChI is InChI=1S/C12H17BrO6/c1-4-16-12-9(13)5-10(18-8(3)15)11(19-12)6-17-7(2)14/h5,10-12H,4,6H2,1-3H3. The monoisotopic (exact) mass is 336 g/mol. The van der Waals surface area contributed by atoms with Gasteiger partial charge in [-0.2, -0.15) is 0 Å². The molecule has 0 aromatic heterocycles. The second kappa shape index (κ2) is 7.62. The molecular formula is C12H17BrO6. The molecule has 7 heteroatoms. The SMILES string of the molecule is CCOC1OC(COC(C)=O)C(OC(C)=O)C=C1Br. The van der Waals surface area contributed by atoms with Crippen molar-refractivity contribution in [2.45, 2.75) is 39.3 Å². The molecule has 19 heavy (non-hydrogen) atoms. The Morgan fingerprint density at radius 2 is 2.05 bits per heavy atom. The van der Waals surface area contributed by atoms with E-state index >= 15 is 0 Å². The van der Waals surface area contributed by atoms with Crippen LogP contribution >= 0.6 is 15.9 Å². The van der Waals surface area contributed by atoms with Gasteiger partial charge in [0.05, 0.1) is 4.48 Å². The quantitative estimate of drug-likeness (QED) is 0.709. The van der Waals surface area contributed by atoms with Gasteiger partial charge in [-0.05, 0) is 13.0 Å². The molecule has 108 valence electrons. The Morgan fingerprint density at radius 1 is 1.37 bits per heavy atom. The fourth-order valence-electron chi connectivity index (χ4n) is 1.55. The lowest BCUT2D eigenvalue weighted by Gasteiger charge is -2.32. The maximum absolute atomic E-state index is 11.0. The van der Waals surface area contributed by atoms with Gasteiger partial charge in [-0.15, -0.1) is 0 Å². The smallest absolute Gasteiger partial charge is 0.303 e. The van der Waals surface area contributed by atoms with Gasteiger partial charge in [0, 0.05) is 20.5 Å². The molecule has 0 bridgehead atoms. The van der Waals surface area contributed by atoms with Crippen molar-refractivity contribution in [3.05, 3.63) is 10.6 Å². The molecule has 6 nitrogen and oxygen atoms in total. The summed E-state index contributed by atoms with van der Waals surface area (Å²) in [6.45, 7) is 4.90. The highest BCUT2D eigenvalue weighted by Crippen LogP contribution is 2.27. The van der Waals surface area contributed by atoms with Gasteiger partial charge < -0.3 is 18.9 Å². The van der Waals surface area contributed by atoms with Crippen LogP contribution in [-0.2, 0) is 28.5 Å². The van der Waals surface area contributed by atoms with Crippen molar-refractivity contribution in [3.63, 3.8) is 0 Å². The summed E-state index contributed by atoms with van der Waals surface area (Å²) in [5, 5.41) is 0. The molecule has 0 saturated carbocycles. The minimum absolute atomic E-state index is 0.00632. The maximum Gasteiger partial charge on any atom is 0.303 e. The Kier molecular flexibility index (Phi) is 6.47. The summed E-state index contributed by atoms with van der Waals surface area (Å²) in [7, 11) is 0. The third-order valence-corrected chi connectivity index (χ3v) is 2.92. The highest BCUT2D eigenvalue weighted by atomic mass is 79.9. The Bertz CT molecular complexity index is 367. The van der Waals surface area contributed by atoms with Crippen molar-refractivity contribution in [2.24, 2.45) is 0 Å². The lowest BCUT2D eigenvalue weighted by Crippen LogP contribution is -2.43. The third kappa shape index (κ3) is 5.30. The van der Waals surface area contributed by atoms with Crippen LogP contribution in [0.25, 0.3) is 0 Å². The number of ether oxygens (including phenoxy) is 4. The Hall–Kier alpha value is -0.920. The minimum Gasteiger partial charge on any atom is -0.463 e. The van der Waals surface area contributed by atoms with Crippen LogP contribution in [0.3, 0.4) is 0 Å². The zero-order chi connectivity index (χ0) is 14.4. The number of hydrogen-bond donors (Lipinski definition) is 0. The van der Waals surface area contributed by atoms with Crippen LogP contribution < -0.4 is 0 Å². The summed E-state index contributed by atoms with van der Waals surface area (Å²) in [5.41, 5.74) is 0. The van der Waals surface area contributed by atoms with Gasteiger partial charge in [-0.1, -0.05) is 15.9 Å². The molecule has 1 rings (SSSR count). The second-order valence-electron chi connectivity index (χ2n) is 3.89. The predicted octanol–water partition coefficient (Wildman–Crippen LogP) is 1.52. The van der Waals surface area contributed by atoms with Crippen molar-refractivity contribution in [1.29, 1.82) is 0 Å². The molecule has 3 unspecified atom stereocenters. The lowest BCUT2D eigenvalue weighted by atomic mass is 10.1. The van der Waals surface area contributed by atoms with E-state index in [0.717, 1.165) is 0 Å². The van der Waals surface area contributed by atoms with Crippen LogP contribution in [0, 0.1) is 0 Å². The molecule has 0 amide bonds. The highest BCUT2D eigenvalue weighted by molar-refractivity contribution is 9.11. The first-order chi connectivity index (χ1) is 8.93. The highest BCUT2D eigenvalue weighted by Gasteiger charge is 2.34. The maximum atomic E-state index is 11.0. The topological polar surface area (TPSA) is 71.1 Å². The Labute approximate surface area is 120 Å². The summed E-state index contributed by atoms with van der Waals surface area (Å²) in [4.78, 5) is 21.9. The Balaban J connectivity index is 2.76. The van der Waals surface area contributed by atoms with E-state index < -0.39 is 30.4 Å². The van der Waals surface area contributed by atoms with Gasteiger partial charge in [-0.3, -0.25) is 9.59 Å². The van der Waals surface area contributed by atoms with E-state index in [1.807, 2.05) is 6.92 Å². The molecular weight excluding hydrogens is 320 g/mol. The van der Waals surface area contributed by atoms with E-state index in [-0.39, 0.29) is 6.61 Å². The van der Waals surface area contributed by atoms with E-state index in [1.165, 1.54) is 13.8 Å². The van der Waals surface area contributed by atoms with Crippen molar-refractivity contribution in [3.8, 4) is 0 Å². The number of carbonyl (C=O) groups is 2. The summed E-state index contributed by atoms with van der Waals surface area (Å²) < 4.78 is 21.6. The van der Waals surface area contributed by atoms with Crippen molar-refractivity contribution in [1.82, 2.24) is 0 Å². The number of carbonyl (C=O) groups excluding carboxylic acids is 2. The van der Waals surface area contributed by atoms with Gasteiger partial charge in [0.15, 0.2) is 12.4 Å². The number of hydrogen-bond acceptors (Lipinski definition) is 6. The molecule has 1 aliphatic heterocycles. The first-order valence-corrected chi connectivity index (χ1v) is 6.68. The summed E-state index contributed by atoms with van der Waals surface area (Å²) in [6, 6.07) is 0. The molecule has 0 aliphatic carbocycles. The van der Waals surface area contributed by atoms with Gasteiger partial charge in [-0.25, -0.2) is 0 Å². The van der Waals surface area contributed by atoms with Gasteiger partial charge in [0.25, 0.3) is 0 Å². The van der Waals surface area contributed by atoms with Crippen LogP contribution in [0.4, 0.5) is 0 Å². The first kappa shape index (κ1) is 16.1. The number of esters is 2. The molecule has 0 aromatic rings. The molecule has 0 radical (unpaired) electrons. The molecule has 0 fully saturated rings. The summed E-state index contributed by atoms with van der Waals surface area (Å²) in [5.74, 6) is -0.861. The zero-order valence-corrected chi connectivity index (χ0v) is 12.6. The molecule has 0 N–H and O–H groups in total. The fourth-order valence-corrected chi connectivity index (χ4v) is 2.05. The molecule has 1 aliphatic rings. The number of rotatable bonds is 5. The Morgan fingerprint density at radius 3 is 2.58 bits per heavy atom. The van der Waals surface area contributed by atoms with Gasteiger partial charge >= 0.3 is 11.9 Å². The molecule has 0 saturated heterocycles. The van der Waals surface area contributed by atoms with Crippen LogP contribution in [0.1, 0.15) is 20.8 Å². The number of halogens is 1. The van der Waals surface area contributed by atoms with Crippen molar-refractivity contribution >= 4 is 27.9 Å². The molecule has 1 heterocycles. The molecule has 0 aromatic carbocycles. The van der Waals surface area contributed by atoms with E-state index in [1.54, 1.807) is 6.08 Å². The van der Waals surface area contributed by atoms with E-state index in [0.29, 0.717) is 11.1 Å². The van der Waals surface area contributed by atoms with Gasteiger partial charge in [0.2, 0.25) is 0 Å². The van der Waals surface area contributed by atoms with Crippen molar-refractivity contribution < 1.29 is 28.5 Å². The summed E-state index contributed by atoms with van der Waals surface area (Å²) >= 11 is 3.31. The van der Waals surface area contributed by atoms with Crippen LogP contribution in [0.5, 0.6) is 0 Å². The third-order valence-electron chi connectivity index (χ3n) is 2.28. The van der Waals surface area contributed by atoms with Gasteiger partial charge in [0.1, 0.15) is 12.7 Å². The minimum atomic E-state index is -0.622. The van der Waals surface area contributed by atoms with E-state index in [9.17, 15) is 9.59 Å².